The summed E-state index contributed by atoms with van der Waals surface area (Å²) in [6.45, 7) is 5.07. The molecular weight excluding hydrogens is 104 g/mol. The predicted molar refractivity (Wildman–Crippen MR) is 29.7 cm³/mol. The van der Waals surface area contributed by atoms with Crippen LogP contribution >= 0.6 is 0 Å². The number of nitrogens with one attached hydrogen (secondary N) is 1. The molecule has 2 amide bonds. The van der Waals surface area contributed by atoms with Crippen LogP contribution in [0, 0.1) is 6.58 Å². The number of aliphatic imine (C=N–C) groups is 1. The predicted octanol–water partition coefficient (Wildman–Crippen LogP) is 0.138. The first kappa shape index (κ1) is 5.03. The van der Waals surface area contributed by atoms with E-state index < -0.39 is 0 Å². The molecule has 0 aromatic heterocycles. The van der Waals surface area contributed by atoms with Gasteiger partial charge < -0.3 is 5.32 Å². The largest absolute Gasteiger partial charge is 0.341 e. The summed E-state index contributed by atoms with van der Waals surface area (Å²) in [6, 6.07) is -0.487. The molecule has 0 aliphatic carbocycles. The number of urea groups is 1. The van der Waals surface area contributed by atoms with Gasteiger partial charge in [-0.05, 0) is 0 Å². The van der Waals surface area contributed by atoms with Crippen LogP contribution in [0.2, 0.25) is 0 Å². The number of hydrogen-bond donors (Lipinski definition) is 1. The molecule has 8 heavy (non-hydrogen) atoms. The molecule has 1 atom stereocenters. The summed E-state index contributed by atoms with van der Waals surface area (Å²) in [5.41, 5.74) is 0. The van der Waals surface area contributed by atoms with Crippen molar-refractivity contribution < 1.29 is 4.79 Å². The van der Waals surface area contributed by atoms with E-state index in [-0.39, 0.29) is 12.1 Å². The lowest BCUT2D eigenvalue weighted by Gasteiger charge is -1.94. The van der Waals surface area contributed by atoms with Crippen LogP contribution in [-0.2, 0) is 0 Å². The van der Waals surface area contributed by atoms with Crippen molar-refractivity contribution in [1.82, 2.24) is 5.32 Å². The maximum absolute atomic E-state index is 10.2. The van der Waals surface area contributed by atoms with Crippen molar-refractivity contribution >= 4 is 12.2 Å². The van der Waals surface area contributed by atoms with E-state index in [1.807, 2.05) is 0 Å². The van der Waals surface area contributed by atoms with Crippen LogP contribution in [-0.4, -0.2) is 18.3 Å². The molecule has 1 radical (unpaired) electrons. The van der Waals surface area contributed by atoms with Crippen molar-refractivity contribution in [3.8, 4) is 0 Å². The fraction of sp³-hybridized carbons (Fsp3) is 0.200. The second-order valence-corrected chi connectivity index (χ2v) is 1.45. The van der Waals surface area contributed by atoms with E-state index in [9.17, 15) is 4.79 Å². The normalized spacial score (nSPS) is 25.5. The van der Waals surface area contributed by atoms with E-state index in [2.05, 4.69) is 10.3 Å². The van der Waals surface area contributed by atoms with Gasteiger partial charge in [-0.3, -0.25) is 0 Å². The molecular formula is C5H5N2O. The van der Waals surface area contributed by atoms with Crippen molar-refractivity contribution in [1.29, 1.82) is 0 Å². The van der Waals surface area contributed by atoms with Gasteiger partial charge in [0.25, 0.3) is 0 Å². The monoisotopic (exact) mass is 109 g/mol. The number of carbonyl (C=O) groups is 1. The van der Waals surface area contributed by atoms with Gasteiger partial charge in [0.2, 0.25) is 0 Å². The zero-order valence-electron chi connectivity index (χ0n) is 4.16. The molecule has 1 rings (SSSR count). The second-order valence-electron chi connectivity index (χ2n) is 1.45. The van der Waals surface area contributed by atoms with Crippen LogP contribution < -0.4 is 5.32 Å². The molecule has 1 aliphatic rings. The molecule has 0 aromatic rings. The number of carbonyl (C=O) groups excluding carboxylic acids is 1. The molecule has 1 heterocycles. The molecule has 0 bridgehead atoms. The van der Waals surface area contributed by atoms with E-state index in [0.29, 0.717) is 0 Å². The van der Waals surface area contributed by atoms with Crippen molar-refractivity contribution in [3.05, 3.63) is 12.7 Å². The lowest BCUT2D eigenvalue weighted by Crippen LogP contribution is -2.24. The number of amides is 2. The molecule has 0 fully saturated rings. The van der Waals surface area contributed by atoms with Gasteiger partial charge in [-0.1, -0.05) is 12.7 Å². The molecule has 0 saturated carbocycles. The van der Waals surface area contributed by atoms with Crippen molar-refractivity contribution in [2.24, 2.45) is 4.99 Å². The Morgan fingerprint density at radius 1 is 2.00 bits per heavy atom. The Hall–Kier alpha value is -1.12. The first-order valence-corrected chi connectivity index (χ1v) is 2.22. The van der Waals surface area contributed by atoms with E-state index in [4.69, 9.17) is 6.58 Å². The van der Waals surface area contributed by atoms with E-state index in [0.717, 1.165) is 0 Å². The van der Waals surface area contributed by atoms with Crippen LogP contribution in [0.1, 0.15) is 0 Å². The zero-order valence-corrected chi connectivity index (χ0v) is 4.16. The lowest BCUT2D eigenvalue weighted by molar-refractivity contribution is 0.251. The highest BCUT2D eigenvalue weighted by molar-refractivity contribution is 5.93. The number of nitrogens with zero attached hydrogens (tertiary/aromatic N) is 1. The minimum Gasteiger partial charge on any atom is -0.325 e. The number of hydrogen-bond acceptors (Lipinski definition) is 1. The summed E-state index contributed by atoms with van der Waals surface area (Å²) in [6.07, 6.45) is 2.83. The first-order chi connectivity index (χ1) is 3.83. The quantitative estimate of drug-likeness (QED) is 0.511. The molecule has 3 nitrogen and oxygen atoms in total. The maximum Gasteiger partial charge on any atom is 0.341 e. The van der Waals surface area contributed by atoms with Crippen molar-refractivity contribution in [2.45, 2.75) is 6.04 Å². The third-order valence-electron chi connectivity index (χ3n) is 0.850. The van der Waals surface area contributed by atoms with Gasteiger partial charge in [0.15, 0.2) is 0 Å². The third-order valence-corrected chi connectivity index (χ3v) is 0.850. The second kappa shape index (κ2) is 1.78. The van der Waals surface area contributed by atoms with Gasteiger partial charge in [0.05, 0.1) is 6.04 Å². The Balaban J connectivity index is 2.58. The Morgan fingerprint density at radius 2 is 2.75 bits per heavy atom. The summed E-state index contributed by atoms with van der Waals surface area (Å²) >= 11 is 0. The summed E-state index contributed by atoms with van der Waals surface area (Å²) < 4.78 is 0. The van der Waals surface area contributed by atoms with Crippen LogP contribution in [0.25, 0.3) is 0 Å². The minimum absolute atomic E-state index is 0.164. The fourth-order valence-electron chi connectivity index (χ4n) is 0.463. The van der Waals surface area contributed by atoms with Crippen LogP contribution in [0.5, 0.6) is 0 Å². The Morgan fingerprint density at radius 3 is 3.00 bits per heavy atom. The average Bonchev–Trinajstić information content (AvgIpc) is 2.14. The standard InChI is InChI=1S/C5H5N2O/c1-2-4-3-6-5(8)7-4/h1-4H,(H,7,8). The van der Waals surface area contributed by atoms with Crippen LogP contribution in [0.15, 0.2) is 11.1 Å². The van der Waals surface area contributed by atoms with E-state index in [1.54, 1.807) is 0 Å². The molecule has 0 spiro atoms. The first-order valence-electron chi connectivity index (χ1n) is 2.22. The molecule has 0 saturated heterocycles. The SMILES string of the molecule is [CH]=CC1C=NC(=O)N1. The fourth-order valence-corrected chi connectivity index (χ4v) is 0.463. The minimum atomic E-state index is -0.322. The highest BCUT2D eigenvalue weighted by atomic mass is 16.2. The van der Waals surface area contributed by atoms with Gasteiger partial charge in [0, 0.05) is 6.21 Å². The zero-order chi connectivity index (χ0) is 5.98. The molecule has 1 aliphatic heterocycles. The van der Waals surface area contributed by atoms with Gasteiger partial charge in [0.1, 0.15) is 0 Å². The van der Waals surface area contributed by atoms with Gasteiger partial charge in [-0.2, -0.15) is 0 Å². The molecule has 41 valence electrons. The highest BCUT2D eigenvalue weighted by Gasteiger charge is 2.10. The molecule has 1 N–H and O–H groups in total. The number of rotatable bonds is 1. The average molecular weight is 109 g/mol. The Labute approximate surface area is 47.1 Å². The van der Waals surface area contributed by atoms with Gasteiger partial charge in [-0.15, -0.1) is 0 Å². The van der Waals surface area contributed by atoms with Gasteiger partial charge >= 0.3 is 6.03 Å². The molecule has 3 heteroatoms. The highest BCUT2D eigenvalue weighted by Crippen LogP contribution is 1.89. The molecule has 0 aromatic carbocycles. The molecule has 1 unspecified atom stereocenters. The summed E-state index contributed by atoms with van der Waals surface area (Å²) in [4.78, 5) is 13.6. The van der Waals surface area contributed by atoms with Crippen molar-refractivity contribution in [2.75, 3.05) is 0 Å². The van der Waals surface area contributed by atoms with Gasteiger partial charge in [-0.25, -0.2) is 9.79 Å². The lowest BCUT2D eigenvalue weighted by atomic mass is 10.3. The Bertz CT molecular complexity index is 151. The smallest absolute Gasteiger partial charge is 0.325 e. The Kier molecular flexibility index (Phi) is 1.12. The van der Waals surface area contributed by atoms with Crippen molar-refractivity contribution in [3.63, 3.8) is 0 Å². The summed E-state index contributed by atoms with van der Waals surface area (Å²) in [7, 11) is 0. The third kappa shape index (κ3) is 0.753. The maximum atomic E-state index is 10.2. The van der Waals surface area contributed by atoms with Crippen LogP contribution in [0.4, 0.5) is 4.79 Å². The summed E-state index contributed by atoms with van der Waals surface area (Å²) in [5.74, 6) is 0. The van der Waals surface area contributed by atoms with E-state index in [1.165, 1.54) is 12.3 Å². The van der Waals surface area contributed by atoms with Crippen LogP contribution in [0.3, 0.4) is 0 Å². The summed E-state index contributed by atoms with van der Waals surface area (Å²) in [5, 5.41) is 2.46. The topological polar surface area (TPSA) is 41.5 Å². The van der Waals surface area contributed by atoms with E-state index >= 15 is 0 Å².